The maximum atomic E-state index is 12.0. The molecule has 0 spiro atoms. The number of amides is 1. The number of carbonyl (C=O) groups is 1. The quantitative estimate of drug-likeness (QED) is 0.819. The molecule has 1 aromatic carbocycles. The first-order valence-corrected chi connectivity index (χ1v) is 5.97. The Hall–Kier alpha value is -1.35. The van der Waals surface area contributed by atoms with Crippen molar-refractivity contribution in [1.82, 2.24) is 5.32 Å². The Morgan fingerprint density at radius 3 is 2.41 bits per heavy atom. The van der Waals surface area contributed by atoms with Gasteiger partial charge in [-0.2, -0.15) is 0 Å². The number of hydrogen-bond donors (Lipinski definition) is 2. The van der Waals surface area contributed by atoms with Gasteiger partial charge in [0, 0.05) is 17.0 Å². The summed E-state index contributed by atoms with van der Waals surface area (Å²) in [4.78, 5) is 12.0. The zero-order valence-electron chi connectivity index (χ0n) is 10.5. The van der Waals surface area contributed by atoms with Gasteiger partial charge < -0.3 is 10.4 Å². The Balaban J connectivity index is 2.01. The van der Waals surface area contributed by atoms with Crippen molar-refractivity contribution in [2.45, 2.75) is 39.3 Å². The van der Waals surface area contributed by atoms with Gasteiger partial charge in [-0.3, -0.25) is 4.79 Å². The zero-order chi connectivity index (χ0) is 12.6. The van der Waals surface area contributed by atoms with Gasteiger partial charge in [-0.25, -0.2) is 0 Å². The van der Waals surface area contributed by atoms with Crippen LogP contribution in [0, 0.1) is 12.3 Å². The molecule has 1 amide bonds. The maximum absolute atomic E-state index is 12.0. The number of benzene rings is 1. The van der Waals surface area contributed by atoms with Crippen LogP contribution in [0.5, 0.6) is 0 Å². The lowest BCUT2D eigenvalue weighted by atomic mass is 9.64. The van der Waals surface area contributed by atoms with Crippen LogP contribution in [0.25, 0.3) is 0 Å². The van der Waals surface area contributed by atoms with Gasteiger partial charge >= 0.3 is 0 Å². The van der Waals surface area contributed by atoms with E-state index in [9.17, 15) is 9.90 Å². The van der Waals surface area contributed by atoms with E-state index in [1.54, 1.807) is 0 Å². The molecule has 2 rings (SSSR count). The highest BCUT2D eigenvalue weighted by molar-refractivity contribution is 5.94. The van der Waals surface area contributed by atoms with E-state index in [1.807, 2.05) is 45.0 Å². The molecule has 2 N–H and O–H groups in total. The van der Waals surface area contributed by atoms with Crippen LogP contribution < -0.4 is 5.32 Å². The number of rotatable bonds is 2. The van der Waals surface area contributed by atoms with Gasteiger partial charge in [0.25, 0.3) is 5.91 Å². The van der Waals surface area contributed by atoms with E-state index in [2.05, 4.69) is 5.32 Å². The summed E-state index contributed by atoms with van der Waals surface area (Å²) in [5.41, 5.74) is 1.59. The van der Waals surface area contributed by atoms with E-state index in [0.717, 1.165) is 5.56 Å². The van der Waals surface area contributed by atoms with Crippen molar-refractivity contribution in [1.29, 1.82) is 0 Å². The summed E-state index contributed by atoms with van der Waals surface area (Å²) in [6.45, 7) is 5.94. The highest BCUT2D eigenvalue weighted by Crippen LogP contribution is 2.40. The molecule has 0 aliphatic heterocycles. The molecule has 17 heavy (non-hydrogen) atoms. The fourth-order valence-corrected chi connectivity index (χ4v) is 2.09. The number of carbonyl (C=O) groups excluding carboxylic acids is 1. The third-order valence-electron chi connectivity index (χ3n) is 3.83. The molecule has 0 aromatic heterocycles. The molecule has 1 aliphatic rings. The van der Waals surface area contributed by atoms with Gasteiger partial charge in [-0.15, -0.1) is 0 Å². The van der Waals surface area contributed by atoms with Gasteiger partial charge in [0.2, 0.25) is 0 Å². The lowest BCUT2D eigenvalue weighted by molar-refractivity contribution is -0.0689. The van der Waals surface area contributed by atoms with Crippen LogP contribution in [0.15, 0.2) is 24.3 Å². The predicted octanol–water partition coefficient (Wildman–Crippen LogP) is 1.88. The van der Waals surface area contributed by atoms with Crippen LogP contribution in [0.1, 0.15) is 36.2 Å². The summed E-state index contributed by atoms with van der Waals surface area (Å²) in [5.74, 6) is -0.0602. The van der Waals surface area contributed by atoms with Gasteiger partial charge in [-0.05, 0) is 25.5 Å². The minimum Gasteiger partial charge on any atom is -0.392 e. The number of aliphatic hydroxyl groups excluding tert-OH is 1. The van der Waals surface area contributed by atoms with Crippen LogP contribution in [0.2, 0.25) is 0 Å². The van der Waals surface area contributed by atoms with E-state index in [1.165, 1.54) is 0 Å². The molecule has 2 atom stereocenters. The van der Waals surface area contributed by atoms with Crippen LogP contribution in [0.3, 0.4) is 0 Å². The summed E-state index contributed by atoms with van der Waals surface area (Å²) in [6, 6.07) is 7.57. The molecule has 1 saturated carbocycles. The number of nitrogens with one attached hydrogen (secondary N) is 1. The summed E-state index contributed by atoms with van der Waals surface area (Å²) >= 11 is 0. The molecule has 1 aromatic rings. The number of aliphatic hydroxyl groups is 1. The third-order valence-corrected chi connectivity index (χ3v) is 3.83. The Labute approximate surface area is 102 Å². The summed E-state index contributed by atoms with van der Waals surface area (Å²) in [6.07, 6.45) is 0.329. The topological polar surface area (TPSA) is 49.3 Å². The van der Waals surface area contributed by atoms with Gasteiger partial charge in [0.15, 0.2) is 0 Å². The van der Waals surface area contributed by atoms with Crippen molar-refractivity contribution in [3.8, 4) is 0 Å². The van der Waals surface area contributed by atoms with E-state index < -0.39 is 0 Å². The first-order valence-electron chi connectivity index (χ1n) is 5.97. The lowest BCUT2D eigenvalue weighted by Gasteiger charge is -2.49. The van der Waals surface area contributed by atoms with Crippen molar-refractivity contribution in [2.24, 2.45) is 5.41 Å². The van der Waals surface area contributed by atoms with Crippen molar-refractivity contribution in [2.75, 3.05) is 0 Å². The van der Waals surface area contributed by atoms with Crippen molar-refractivity contribution in [3.05, 3.63) is 35.4 Å². The average Bonchev–Trinajstić information content (AvgIpc) is 2.29. The molecule has 0 heterocycles. The monoisotopic (exact) mass is 233 g/mol. The molecule has 92 valence electrons. The number of hydrogen-bond acceptors (Lipinski definition) is 2. The highest BCUT2D eigenvalue weighted by Gasteiger charge is 2.47. The van der Waals surface area contributed by atoms with E-state index in [-0.39, 0.29) is 23.5 Å². The van der Waals surface area contributed by atoms with Crippen molar-refractivity contribution >= 4 is 5.91 Å². The second kappa shape index (κ2) is 4.15. The van der Waals surface area contributed by atoms with E-state index in [4.69, 9.17) is 0 Å². The van der Waals surface area contributed by atoms with Crippen LogP contribution in [-0.4, -0.2) is 23.2 Å². The Morgan fingerprint density at radius 1 is 1.35 bits per heavy atom. The Bertz CT molecular complexity index is 422. The molecular weight excluding hydrogens is 214 g/mol. The minimum absolute atomic E-state index is 0.0602. The second-order valence-electron chi connectivity index (χ2n) is 5.46. The number of aryl methyl sites for hydroxylation is 1. The molecule has 2 unspecified atom stereocenters. The largest absolute Gasteiger partial charge is 0.392 e. The standard InChI is InChI=1S/C14H19NO2/c1-9-4-6-10(7-5-9)13(17)15-11-8-12(16)14(11,2)3/h4-7,11-12,16H,8H2,1-3H3,(H,15,17). The first kappa shape index (κ1) is 12.1. The molecule has 0 radical (unpaired) electrons. The average molecular weight is 233 g/mol. The fraction of sp³-hybridized carbons (Fsp3) is 0.500. The summed E-state index contributed by atoms with van der Waals surface area (Å²) in [7, 11) is 0. The summed E-state index contributed by atoms with van der Waals surface area (Å²) < 4.78 is 0. The van der Waals surface area contributed by atoms with Gasteiger partial charge in [0.1, 0.15) is 0 Å². The highest BCUT2D eigenvalue weighted by atomic mass is 16.3. The SMILES string of the molecule is Cc1ccc(C(=O)NC2CC(O)C2(C)C)cc1. The Kier molecular flexibility index (Phi) is 2.96. The van der Waals surface area contributed by atoms with Crippen LogP contribution in [0.4, 0.5) is 0 Å². The van der Waals surface area contributed by atoms with Crippen LogP contribution >= 0.6 is 0 Å². The fourth-order valence-electron chi connectivity index (χ4n) is 2.09. The molecule has 3 heteroatoms. The van der Waals surface area contributed by atoms with E-state index >= 15 is 0 Å². The van der Waals surface area contributed by atoms with Crippen molar-refractivity contribution in [3.63, 3.8) is 0 Å². The first-order chi connectivity index (χ1) is 7.91. The zero-order valence-corrected chi connectivity index (χ0v) is 10.5. The third kappa shape index (κ3) is 2.20. The van der Waals surface area contributed by atoms with Crippen molar-refractivity contribution < 1.29 is 9.90 Å². The lowest BCUT2D eigenvalue weighted by Crippen LogP contribution is -2.61. The molecule has 1 aliphatic carbocycles. The Morgan fingerprint density at radius 2 is 1.94 bits per heavy atom. The second-order valence-corrected chi connectivity index (χ2v) is 5.46. The molecule has 0 bridgehead atoms. The molecule has 3 nitrogen and oxygen atoms in total. The maximum Gasteiger partial charge on any atom is 0.251 e. The molecule has 0 saturated heterocycles. The van der Waals surface area contributed by atoms with Gasteiger partial charge in [-0.1, -0.05) is 31.5 Å². The predicted molar refractivity (Wildman–Crippen MR) is 66.8 cm³/mol. The van der Waals surface area contributed by atoms with E-state index in [0.29, 0.717) is 12.0 Å². The molecular formula is C14H19NO2. The minimum atomic E-state index is -0.314. The van der Waals surface area contributed by atoms with Crippen LogP contribution in [-0.2, 0) is 0 Å². The summed E-state index contributed by atoms with van der Waals surface area (Å²) in [5, 5.41) is 12.6. The van der Waals surface area contributed by atoms with Gasteiger partial charge in [0.05, 0.1) is 6.10 Å². The smallest absolute Gasteiger partial charge is 0.251 e. The molecule has 1 fully saturated rings. The normalized spacial score (nSPS) is 26.1.